The van der Waals surface area contributed by atoms with Gasteiger partial charge in [-0.05, 0) is 42.0 Å². The molecule has 6 heteroatoms. The number of halogens is 1. The summed E-state index contributed by atoms with van der Waals surface area (Å²) in [7, 11) is 0. The molecule has 0 amide bonds. The summed E-state index contributed by atoms with van der Waals surface area (Å²) in [5, 5.41) is 0.649. The van der Waals surface area contributed by atoms with Crippen molar-refractivity contribution < 1.29 is 23.8 Å². The maximum atomic E-state index is 12.0. The highest BCUT2D eigenvalue weighted by Gasteiger charge is 2.30. The van der Waals surface area contributed by atoms with Gasteiger partial charge in [-0.25, -0.2) is 9.59 Å². The van der Waals surface area contributed by atoms with Crippen LogP contribution in [0.25, 0.3) is 0 Å². The molecule has 0 N–H and O–H groups in total. The summed E-state index contributed by atoms with van der Waals surface area (Å²) in [4.78, 5) is 23.3. The molecule has 5 nitrogen and oxygen atoms in total. The Morgan fingerprint density at radius 1 is 1.12 bits per heavy atom. The van der Waals surface area contributed by atoms with Crippen molar-refractivity contribution in [1.29, 1.82) is 0 Å². The van der Waals surface area contributed by atoms with Gasteiger partial charge >= 0.3 is 11.9 Å². The van der Waals surface area contributed by atoms with Crippen LogP contribution in [0.15, 0.2) is 48.5 Å². The van der Waals surface area contributed by atoms with E-state index in [9.17, 15) is 9.59 Å². The molecule has 1 heterocycles. The number of carbonyl (C=O) groups excluding carboxylic acids is 2. The standard InChI is InChI=1S/C18H15ClO5/c19-14-5-7-15(8-6-14)23-11-12-1-3-13(4-2-12)17(20)24-16-9-10-22-18(16)21/h1-8,16H,9-11H2/t16-/m1/s1. The van der Waals surface area contributed by atoms with Gasteiger partial charge in [-0.1, -0.05) is 23.7 Å². The lowest BCUT2D eigenvalue weighted by Crippen LogP contribution is -2.22. The number of benzene rings is 2. The number of hydrogen-bond donors (Lipinski definition) is 0. The van der Waals surface area contributed by atoms with Crippen molar-refractivity contribution in [3.63, 3.8) is 0 Å². The lowest BCUT2D eigenvalue weighted by Gasteiger charge is -2.09. The van der Waals surface area contributed by atoms with Crippen LogP contribution in [-0.4, -0.2) is 24.6 Å². The second kappa shape index (κ2) is 7.36. The number of rotatable bonds is 5. The molecule has 0 unspecified atom stereocenters. The van der Waals surface area contributed by atoms with E-state index in [4.69, 9.17) is 25.8 Å². The Labute approximate surface area is 144 Å². The van der Waals surface area contributed by atoms with Gasteiger partial charge < -0.3 is 14.2 Å². The molecule has 1 saturated heterocycles. The zero-order valence-electron chi connectivity index (χ0n) is 12.7. The van der Waals surface area contributed by atoms with Crippen molar-refractivity contribution in [2.24, 2.45) is 0 Å². The molecule has 124 valence electrons. The van der Waals surface area contributed by atoms with E-state index in [-0.39, 0.29) is 6.61 Å². The van der Waals surface area contributed by atoms with Gasteiger partial charge in [0.15, 0.2) is 0 Å². The summed E-state index contributed by atoms with van der Waals surface area (Å²) in [6.07, 6.45) is -0.400. The quantitative estimate of drug-likeness (QED) is 0.776. The third-order valence-electron chi connectivity index (χ3n) is 3.55. The Morgan fingerprint density at radius 2 is 1.83 bits per heavy atom. The maximum Gasteiger partial charge on any atom is 0.347 e. The second-order valence-corrected chi connectivity index (χ2v) is 5.73. The molecule has 1 atom stereocenters. The van der Waals surface area contributed by atoms with Crippen LogP contribution in [0.1, 0.15) is 22.3 Å². The average molecular weight is 347 g/mol. The summed E-state index contributed by atoms with van der Waals surface area (Å²) in [5.41, 5.74) is 1.28. The first-order chi connectivity index (χ1) is 11.6. The van der Waals surface area contributed by atoms with Crippen LogP contribution in [0.2, 0.25) is 5.02 Å². The third kappa shape index (κ3) is 4.06. The van der Waals surface area contributed by atoms with Crippen molar-refractivity contribution in [2.75, 3.05) is 6.61 Å². The molecular formula is C18H15ClO5. The highest BCUT2D eigenvalue weighted by Crippen LogP contribution is 2.18. The molecule has 24 heavy (non-hydrogen) atoms. The normalized spacial score (nSPS) is 16.5. The number of cyclic esters (lactones) is 1. The summed E-state index contributed by atoms with van der Waals surface area (Å²) in [6.45, 7) is 0.656. The smallest absolute Gasteiger partial charge is 0.347 e. The van der Waals surface area contributed by atoms with Gasteiger partial charge in [-0.3, -0.25) is 0 Å². The van der Waals surface area contributed by atoms with E-state index < -0.39 is 18.0 Å². The summed E-state index contributed by atoms with van der Waals surface area (Å²) in [6, 6.07) is 13.9. The van der Waals surface area contributed by atoms with Gasteiger partial charge in [0.25, 0.3) is 0 Å². The van der Waals surface area contributed by atoms with E-state index in [1.54, 1.807) is 48.5 Å². The third-order valence-corrected chi connectivity index (χ3v) is 3.80. The van der Waals surface area contributed by atoms with Gasteiger partial charge in [0.1, 0.15) is 12.4 Å². The molecule has 0 aliphatic carbocycles. The molecule has 1 aliphatic heterocycles. The predicted octanol–water partition coefficient (Wildman–Crippen LogP) is 3.39. The number of carbonyl (C=O) groups is 2. The molecule has 0 saturated carbocycles. The topological polar surface area (TPSA) is 61.8 Å². The molecule has 1 fully saturated rings. The van der Waals surface area contributed by atoms with Gasteiger partial charge in [0, 0.05) is 11.4 Å². The Balaban J connectivity index is 1.55. The highest BCUT2D eigenvalue weighted by atomic mass is 35.5. The Kier molecular flexibility index (Phi) is 5.01. The SMILES string of the molecule is O=C(O[C@@H]1CCOC1=O)c1ccc(COc2ccc(Cl)cc2)cc1. The summed E-state index contributed by atoms with van der Waals surface area (Å²) >= 11 is 5.82. The molecule has 0 bridgehead atoms. The number of hydrogen-bond acceptors (Lipinski definition) is 5. The fourth-order valence-electron chi connectivity index (χ4n) is 2.22. The first kappa shape index (κ1) is 16.3. The van der Waals surface area contributed by atoms with E-state index >= 15 is 0 Å². The maximum absolute atomic E-state index is 12.0. The van der Waals surface area contributed by atoms with E-state index in [0.29, 0.717) is 29.4 Å². The van der Waals surface area contributed by atoms with Crippen molar-refractivity contribution in [2.45, 2.75) is 19.1 Å². The van der Waals surface area contributed by atoms with Crippen LogP contribution < -0.4 is 4.74 Å². The van der Waals surface area contributed by atoms with Crippen LogP contribution in [0.5, 0.6) is 5.75 Å². The molecule has 0 spiro atoms. The minimum atomic E-state index is -0.801. The average Bonchev–Trinajstić information content (AvgIpc) is 3.00. The van der Waals surface area contributed by atoms with Crippen LogP contribution >= 0.6 is 11.6 Å². The number of esters is 2. The zero-order chi connectivity index (χ0) is 16.9. The predicted molar refractivity (Wildman–Crippen MR) is 87.0 cm³/mol. The van der Waals surface area contributed by atoms with Gasteiger partial charge in [0.2, 0.25) is 6.10 Å². The minimum absolute atomic E-state index is 0.289. The lowest BCUT2D eigenvalue weighted by molar-refractivity contribution is -0.145. The molecule has 2 aromatic rings. The molecular weight excluding hydrogens is 332 g/mol. The van der Waals surface area contributed by atoms with Gasteiger partial charge in [0.05, 0.1) is 12.2 Å². The van der Waals surface area contributed by atoms with E-state index in [1.807, 2.05) is 0 Å². The second-order valence-electron chi connectivity index (χ2n) is 5.29. The largest absolute Gasteiger partial charge is 0.489 e. The monoisotopic (exact) mass is 346 g/mol. The number of ether oxygens (including phenoxy) is 3. The first-order valence-corrected chi connectivity index (χ1v) is 7.84. The van der Waals surface area contributed by atoms with Crippen LogP contribution in [0.4, 0.5) is 0 Å². The molecule has 0 radical (unpaired) electrons. The minimum Gasteiger partial charge on any atom is -0.489 e. The van der Waals surface area contributed by atoms with E-state index in [0.717, 1.165) is 5.56 Å². The van der Waals surface area contributed by atoms with Gasteiger partial charge in [-0.15, -0.1) is 0 Å². The fraction of sp³-hybridized carbons (Fsp3) is 0.222. The van der Waals surface area contributed by atoms with Crippen molar-refractivity contribution >= 4 is 23.5 Å². The molecule has 0 aromatic heterocycles. The zero-order valence-corrected chi connectivity index (χ0v) is 13.5. The molecule has 2 aromatic carbocycles. The highest BCUT2D eigenvalue weighted by molar-refractivity contribution is 6.30. The lowest BCUT2D eigenvalue weighted by atomic mass is 10.1. The Morgan fingerprint density at radius 3 is 2.46 bits per heavy atom. The molecule has 1 aliphatic rings. The van der Waals surface area contributed by atoms with E-state index in [1.165, 1.54) is 0 Å². The van der Waals surface area contributed by atoms with Gasteiger partial charge in [-0.2, -0.15) is 0 Å². The van der Waals surface area contributed by atoms with E-state index in [2.05, 4.69) is 0 Å². The van der Waals surface area contributed by atoms with Crippen LogP contribution in [0.3, 0.4) is 0 Å². The van der Waals surface area contributed by atoms with Crippen molar-refractivity contribution in [3.8, 4) is 5.75 Å². The summed E-state index contributed by atoms with van der Waals surface area (Å²) in [5.74, 6) is -0.317. The van der Waals surface area contributed by atoms with Crippen LogP contribution in [0, 0.1) is 0 Å². The molecule has 3 rings (SSSR count). The summed E-state index contributed by atoms with van der Waals surface area (Å²) < 4.78 is 15.5. The fourth-order valence-corrected chi connectivity index (χ4v) is 2.34. The van der Waals surface area contributed by atoms with Crippen molar-refractivity contribution in [3.05, 3.63) is 64.7 Å². The first-order valence-electron chi connectivity index (χ1n) is 7.47. The Hall–Kier alpha value is -2.53. The Bertz CT molecular complexity index is 724. The van der Waals surface area contributed by atoms with Crippen molar-refractivity contribution in [1.82, 2.24) is 0 Å². The van der Waals surface area contributed by atoms with Crippen LogP contribution in [-0.2, 0) is 20.9 Å².